The summed E-state index contributed by atoms with van der Waals surface area (Å²) in [6, 6.07) is 7.19. The molecule has 0 bridgehead atoms. The monoisotopic (exact) mass is 219 g/mol. The lowest BCUT2D eigenvalue weighted by Crippen LogP contribution is -2.46. The Morgan fingerprint density at radius 3 is 2.20 bits per heavy atom. The van der Waals surface area contributed by atoms with Gasteiger partial charge < -0.3 is 10.8 Å². The number of alkyl halides is 3. The largest absolute Gasteiger partial charge is 0.415 e. The first-order valence-corrected chi connectivity index (χ1v) is 4.45. The first kappa shape index (κ1) is 12.0. The molecule has 0 saturated heterocycles. The molecule has 0 fully saturated rings. The second kappa shape index (κ2) is 4.63. The maximum absolute atomic E-state index is 12.1. The molecule has 0 aliphatic rings. The Kier molecular flexibility index (Phi) is 3.71. The molecule has 0 amide bonds. The summed E-state index contributed by atoms with van der Waals surface area (Å²) in [5.41, 5.74) is 5.94. The number of aliphatic hydroxyl groups excluding tert-OH is 1. The van der Waals surface area contributed by atoms with Crippen molar-refractivity contribution >= 4 is 0 Å². The minimum atomic E-state index is -4.66. The highest BCUT2D eigenvalue weighted by Crippen LogP contribution is 2.22. The van der Waals surface area contributed by atoms with Crippen LogP contribution in [0.4, 0.5) is 13.2 Å². The molecule has 15 heavy (non-hydrogen) atoms. The molecular weight excluding hydrogens is 207 g/mol. The van der Waals surface area contributed by atoms with E-state index >= 15 is 0 Å². The highest BCUT2D eigenvalue weighted by atomic mass is 19.4. The van der Waals surface area contributed by atoms with Crippen molar-refractivity contribution in [2.45, 2.75) is 24.7 Å². The van der Waals surface area contributed by atoms with Crippen molar-refractivity contribution < 1.29 is 18.3 Å². The lowest BCUT2D eigenvalue weighted by molar-refractivity contribution is -0.209. The highest BCUT2D eigenvalue weighted by Gasteiger charge is 2.41. The van der Waals surface area contributed by atoms with Crippen LogP contribution in [0.15, 0.2) is 30.3 Å². The van der Waals surface area contributed by atoms with E-state index in [4.69, 9.17) is 10.8 Å². The quantitative estimate of drug-likeness (QED) is 0.808. The van der Waals surface area contributed by atoms with E-state index in [0.717, 1.165) is 0 Å². The number of hydrogen-bond donors (Lipinski definition) is 2. The van der Waals surface area contributed by atoms with Gasteiger partial charge in [0.1, 0.15) is 0 Å². The Morgan fingerprint density at radius 2 is 1.73 bits per heavy atom. The summed E-state index contributed by atoms with van der Waals surface area (Å²) >= 11 is 0. The zero-order chi connectivity index (χ0) is 11.5. The van der Waals surface area contributed by atoms with Gasteiger partial charge in [-0.05, 0) is 12.0 Å². The average Bonchev–Trinajstić information content (AvgIpc) is 2.16. The van der Waals surface area contributed by atoms with Gasteiger partial charge in [-0.2, -0.15) is 13.2 Å². The molecule has 1 rings (SSSR count). The summed E-state index contributed by atoms with van der Waals surface area (Å²) in [5.74, 6) is 0. The molecule has 1 aromatic rings. The molecule has 0 aromatic heterocycles. The van der Waals surface area contributed by atoms with Crippen LogP contribution in [0.3, 0.4) is 0 Å². The van der Waals surface area contributed by atoms with Crippen LogP contribution in [0, 0.1) is 0 Å². The number of rotatable bonds is 3. The first-order valence-electron chi connectivity index (χ1n) is 4.45. The fraction of sp³-hybridized carbons (Fsp3) is 0.400. The second-order valence-electron chi connectivity index (χ2n) is 3.34. The Hall–Kier alpha value is -1.07. The molecule has 2 atom stereocenters. The highest BCUT2D eigenvalue weighted by molar-refractivity contribution is 5.16. The fourth-order valence-corrected chi connectivity index (χ4v) is 1.24. The standard InChI is InChI=1S/C10H12F3NO/c11-10(12,13)9(15)8(14)6-7-4-2-1-3-5-7/h1-5,8-9,15H,6,14H2/t8-,9+/m1/s1. The van der Waals surface area contributed by atoms with Crippen LogP contribution in [0.1, 0.15) is 5.56 Å². The van der Waals surface area contributed by atoms with Crippen molar-refractivity contribution in [2.75, 3.05) is 0 Å². The van der Waals surface area contributed by atoms with Crippen molar-refractivity contribution in [2.24, 2.45) is 5.73 Å². The van der Waals surface area contributed by atoms with Crippen LogP contribution in [-0.2, 0) is 6.42 Å². The van der Waals surface area contributed by atoms with Gasteiger partial charge in [-0.15, -0.1) is 0 Å². The zero-order valence-electron chi connectivity index (χ0n) is 7.91. The van der Waals surface area contributed by atoms with E-state index in [2.05, 4.69) is 0 Å². The van der Waals surface area contributed by atoms with Gasteiger partial charge in [0, 0.05) is 6.04 Å². The third kappa shape index (κ3) is 3.53. The fourth-order valence-electron chi connectivity index (χ4n) is 1.24. The SMILES string of the molecule is N[C@H](Cc1ccccc1)[C@H](O)C(F)(F)F. The molecule has 3 N–H and O–H groups in total. The predicted octanol–water partition coefficient (Wildman–Crippen LogP) is 1.48. The number of benzene rings is 1. The van der Waals surface area contributed by atoms with Crippen molar-refractivity contribution in [1.82, 2.24) is 0 Å². The number of nitrogens with two attached hydrogens (primary N) is 1. The van der Waals surface area contributed by atoms with Crippen LogP contribution < -0.4 is 5.73 Å². The average molecular weight is 219 g/mol. The maximum atomic E-state index is 12.1. The Morgan fingerprint density at radius 1 is 1.20 bits per heavy atom. The number of aliphatic hydroxyl groups is 1. The summed E-state index contributed by atoms with van der Waals surface area (Å²) in [5, 5.41) is 8.87. The lowest BCUT2D eigenvalue weighted by atomic mass is 10.0. The summed E-state index contributed by atoms with van der Waals surface area (Å²) in [6.07, 6.45) is -7.13. The van der Waals surface area contributed by atoms with Crippen molar-refractivity contribution in [3.05, 3.63) is 35.9 Å². The third-order valence-corrected chi connectivity index (χ3v) is 2.06. The predicted molar refractivity (Wildman–Crippen MR) is 50.2 cm³/mol. The van der Waals surface area contributed by atoms with E-state index < -0.39 is 18.3 Å². The second-order valence-corrected chi connectivity index (χ2v) is 3.34. The van der Waals surface area contributed by atoms with Crippen LogP contribution in [0.5, 0.6) is 0 Å². The molecule has 2 nitrogen and oxygen atoms in total. The minimum absolute atomic E-state index is 0.00150. The molecule has 0 aliphatic carbocycles. The first-order chi connectivity index (χ1) is 6.91. The molecule has 5 heteroatoms. The van der Waals surface area contributed by atoms with Crippen LogP contribution >= 0.6 is 0 Å². The van der Waals surface area contributed by atoms with Crippen LogP contribution in [0.2, 0.25) is 0 Å². The van der Waals surface area contributed by atoms with Gasteiger partial charge in [-0.1, -0.05) is 30.3 Å². The molecule has 0 heterocycles. The van der Waals surface area contributed by atoms with Gasteiger partial charge in [-0.25, -0.2) is 0 Å². The molecule has 0 radical (unpaired) electrons. The molecule has 0 unspecified atom stereocenters. The maximum Gasteiger partial charge on any atom is 0.415 e. The Labute approximate surface area is 85.5 Å². The van der Waals surface area contributed by atoms with Crippen molar-refractivity contribution in [3.63, 3.8) is 0 Å². The topological polar surface area (TPSA) is 46.2 Å². The van der Waals surface area contributed by atoms with Gasteiger partial charge in [0.2, 0.25) is 0 Å². The number of hydrogen-bond acceptors (Lipinski definition) is 2. The zero-order valence-corrected chi connectivity index (χ0v) is 7.91. The van der Waals surface area contributed by atoms with Gasteiger partial charge >= 0.3 is 6.18 Å². The summed E-state index contributed by atoms with van der Waals surface area (Å²) in [4.78, 5) is 0. The molecule has 84 valence electrons. The van der Waals surface area contributed by atoms with Gasteiger partial charge in [0.05, 0.1) is 0 Å². The smallest absolute Gasteiger partial charge is 0.382 e. The summed E-state index contributed by atoms with van der Waals surface area (Å²) in [6.45, 7) is 0. The molecular formula is C10H12F3NO. The van der Waals surface area contributed by atoms with Crippen molar-refractivity contribution in [3.8, 4) is 0 Å². The van der Waals surface area contributed by atoms with Crippen LogP contribution in [-0.4, -0.2) is 23.4 Å². The van der Waals surface area contributed by atoms with Crippen molar-refractivity contribution in [1.29, 1.82) is 0 Å². The summed E-state index contributed by atoms with van der Waals surface area (Å²) in [7, 11) is 0. The minimum Gasteiger partial charge on any atom is -0.382 e. The Bertz CT molecular complexity index is 299. The molecule has 0 saturated carbocycles. The van der Waals surface area contributed by atoms with E-state index in [1.807, 2.05) is 0 Å². The summed E-state index contributed by atoms with van der Waals surface area (Å²) < 4.78 is 36.2. The van der Waals surface area contributed by atoms with E-state index in [1.54, 1.807) is 30.3 Å². The lowest BCUT2D eigenvalue weighted by Gasteiger charge is -2.21. The van der Waals surface area contributed by atoms with E-state index in [1.165, 1.54) is 0 Å². The van der Waals surface area contributed by atoms with Gasteiger partial charge in [-0.3, -0.25) is 0 Å². The Balaban J connectivity index is 2.60. The molecule has 0 aliphatic heterocycles. The van der Waals surface area contributed by atoms with E-state index in [-0.39, 0.29) is 6.42 Å². The normalized spacial score (nSPS) is 16.1. The van der Waals surface area contributed by atoms with Gasteiger partial charge in [0.25, 0.3) is 0 Å². The molecule has 1 aromatic carbocycles. The number of halogens is 3. The van der Waals surface area contributed by atoms with E-state index in [9.17, 15) is 13.2 Å². The third-order valence-electron chi connectivity index (χ3n) is 2.06. The van der Waals surface area contributed by atoms with Gasteiger partial charge in [0.15, 0.2) is 6.10 Å². The molecule has 0 spiro atoms. The van der Waals surface area contributed by atoms with E-state index in [0.29, 0.717) is 5.56 Å². The van der Waals surface area contributed by atoms with Crippen LogP contribution in [0.25, 0.3) is 0 Å².